The monoisotopic (exact) mass is 876 g/mol. The van der Waals surface area contributed by atoms with Crippen LogP contribution in [0.2, 0.25) is 0 Å². The standard InChI is InChI=1S/C65H57BN2/c1-63(2,3)47-29-32-49(33-30-47)68-59-34-28-45(42-20-12-9-13-21-42)36-53(59)54-37-46(43-22-14-10-15-23-43)38-61-62(54)66(68)57-40-52-50-26-18-19-27-55(50)65(7,8)56(52)41-60(57)67(61)58-35-31-48(64(4,5)6)39-51(58)44-24-16-11-17-25-44/h9-41H,1-8H3. The number of fused-ring (bicyclic) bond motifs is 7. The molecule has 0 saturated carbocycles. The fourth-order valence-corrected chi connectivity index (χ4v) is 11.5. The predicted octanol–water partition coefficient (Wildman–Crippen LogP) is 16.3. The Morgan fingerprint density at radius 1 is 0.368 bits per heavy atom. The first-order valence-corrected chi connectivity index (χ1v) is 24.4. The van der Waals surface area contributed by atoms with Gasteiger partial charge in [-0.25, -0.2) is 0 Å². The summed E-state index contributed by atoms with van der Waals surface area (Å²) in [6.07, 6.45) is 0. The molecule has 1 aliphatic carbocycles. The lowest BCUT2D eigenvalue weighted by Gasteiger charge is -2.47. The van der Waals surface area contributed by atoms with Gasteiger partial charge in [0.25, 0.3) is 0 Å². The van der Waals surface area contributed by atoms with Gasteiger partial charge in [-0.15, -0.1) is 0 Å². The van der Waals surface area contributed by atoms with Crippen molar-refractivity contribution in [2.24, 2.45) is 0 Å². The number of rotatable bonds is 5. The lowest BCUT2D eigenvalue weighted by molar-refractivity contribution is 0.590. The van der Waals surface area contributed by atoms with E-state index in [0.717, 1.165) is 0 Å². The van der Waals surface area contributed by atoms with Crippen LogP contribution in [0.15, 0.2) is 200 Å². The molecular weight excluding hydrogens is 820 g/mol. The second-order valence-electron chi connectivity index (χ2n) is 21.8. The molecule has 2 aliphatic heterocycles. The lowest BCUT2D eigenvalue weighted by atomic mass is 9.43. The normalized spacial score (nSPS) is 14.2. The molecule has 0 amide bonds. The molecule has 9 aromatic carbocycles. The van der Waals surface area contributed by atoms with Crippen LogP contribution in [-0.2, 0) is 16.2 Å². The molecule has 0 aromatic heterocycles. The highest BCUT2D eigenvalue weighted by Gasteiger charge is 2.48. The first kappa shape index (κ1) is 42.0. The van der Waals surface area contributed by atoms with Crippen molar-refractivity contribution in [3.8, 4) is 55.6 Å². The van der Waals surface area contributed by atoms with Crippen LogP contribution in [0.4, 0.5) is 28.4 Å². The number of hydrogen-bond donors (Lipinski definition) is 0. The van der Waals surface area contributed by atoms with Crippen molar-refractivity contribution < 1.29 is 0 Å². The van der Waals surface area contributed by atoms with Gasteiger partial charge in [-0.2, -0.15) is 0 Å². The maximum Gasteiger partial charge on any atom is 0.333 e. The van der Waals surface area contributed by atoms with E-state index in [1.165, 1.54) is 117 Å². The second-order valence-corrected chi connectivity index (χ2v) is 21.8. The molecule has 0 unspecified atom stereocenters. The largest absolute Gasteiger partial charge is 0.376 e. The molecule has 0 radical (unpaired) electrons. The maximum absolute atomic E-state index is 2.67. The Balaban J connectivity index is 1.24. The minimum absolute atomic E-state index is 0.0220. The van der Waals surface area contributed by atoms with Gasteiger partial charge in [0.2, 0.25) is 0 Å². The summed E-state index contributed by atoms with van der Waals surface area (Å²) in [6.45, 7) is 18.6. The highest BCUT2D eigenvalue weighted by Crippen LogP contribution is 2.55. The molecule has 3 heteroatoms. The summed E-state index contributed by atoms with van der Waals surface area (Å²) >= 11 is 0. The van der Waals surface area contributed by atoms with Gasteiger partial charge in [0.05, 0.1) is 5.69 Å². The van der Waals surface area contributed by atoms with Crippen LogP contribution in [0.25, 0.3) is 55.6 Å². The van der Waals surface area contributed by atoms with E-state index < -0.39 is 0 Å². The quantitative estimate of drug-likeness (QED) is 0.159. The van der Waals surface area contributed by atoms with Gasteiger partial charge in [-0.05, 0) is 143 Å². The second kappa shape index (κ2) is 15.3. The molecule has 0 atom stereocenters. The van der Waals surface area contributed by atoms with Gasteiger partial charge in [-0.1, -0.05) is 201 Å². The zero-order valence-electron chi connectivity index (χ0n) is 40.5. The molecule has 2 nitrogen and oxygen atoms in total. The molecule has 9 aromatic rings. The van der Waals surface area contributed by atoms with Gasteiger partial charge in [0.1, 0.15) is 0 Å². The number of anilines is 5. The predicted molar refractivity (Wildman–Crippen MR) is 291 cm³/mol. The fraction of sp³-hybridized carbons (Fsp3) is 0.169. The summed E-state index contributed by atoms with van der Waals surface area (Å²) in [5.41, 5.74) is 26.2. The third-order valence-electron chi connectivity index (χ3n) is 15.2. The molecule has 12 rings (SSSR count). The Bertz CT molecular complexity index is 3430. The molecule has 0 N–H and O–H groups in total. The van der Waals surface area contributed by atoms with Crippen LogP contribution in [-0.4, -0.2) is 6.85 Å². The Kier molecular flexibility index (Phi) is 9.48. The summed E-state index contributed by atoms with van der Waals surface area (Å²) in [5.74, 6) is 0. The van der Waals surface area contributed by atoms with E-state index in [-0.39, 0.29) is 23.1 Å². The van der Waals surface area contributed by atoms with Crippen LogP contribution < -0.4 is 20.6 Å². The first-order chi connectivity index (χ1) is 32.8. The van der Waals surface area contributed by atoms with Crippen molar-refractivity contribution in [1.82, 2.24) is 0 Å². The van der Waals surface area contributed by atoms with E-state index in [1.807, 2.05) is 0 Å². The maximum atomic E-state index is 2.67. The average Bonchev–Trinajstić information content (AvgIpc) is 3.58. The van der Waals surface area contributed by atoms with E-state index in [0.29, 0.717) is 0 Å². The van der Waals surface area contributed by atoms with Crippen LogP contribution in [0.3, 0.4) is 0 Å². The van der Waals surface area contributed by atoms with Crippen molar-refractivity contribution in [2.75, 3.05) is 9.71 Å². The summed E-state index contributed by atoms with van der Waals surface area (Å²) in [7, 11) is 0. The zero-order valence-corrected chi connectivity index (χ0v) is 40.5. The van der Waals surface area contributed by atoms with E-state index in [2.05, 4.69) is 265 Å². The highest BCUT2D eigenvalue weighted by atomic mass is 15.2. The molecule has 0 saturated heterocycles. The third-order valence-corrected chi connectivity index (χ3v) is 15.2. The van der Waals surface area contributed by atoms with E-state index in [9.17, 15) is 0 Å². The summed E-state index contributed by atoms with van der Waals surface area (Å²) in [5, 5.41) is 0. The molecule has 0 spiro atoms. The van der Waals surface area contributed by atoms with Crippen molar-refractivity contribution in [2.45, 2.75) is 71.6 Å². The Labute approximate surface area is 403 Å². The molecule has 0 bridgehead atoms. The Morgan fingerprint density at radius 3 is 1.60 bits per heavy atom. The highest BCUT2D eigenvalue weighted by molar-refractivity contribution is 6.93. The van der Waals surface area contributed by atoms with Crippen molar-refractivity contribution in [1.29, 1.82) is 0 Å². The van der Waals surface area contributed by atoms with Crippen LogP contribution in [0.1, 0.15) is 77.6 Å². The van der Waals surface area contributed by atoms with E-state index in [1.54, 1.807) is 0 Å². The van der Waals surface area contributed by atoms with Gasteiger partial charge < -0.3 is 9.71 Å². The van der Waals surface area contributed by atoms with E-state index in [4.69, 9.17) is 0 Å². The SMILES string of the molecule is CC(C)(C)c1ccc(N2B3c4cc5c(cc4N(c4ccc(C(C)(C)C)cc4-c4ccccc4)c4cc(-c6ccccc6)cc(c43)-c3cc(-c4ccccc4)ccc32)C(C)(C)c2ccccc2-5)cc1. The summed E-state index contributed by atoms with van der Waals surface area (Å²) in [4.78, 5) is 5.32. The molecule has 3 aliphatic rings. The van der Waals surface area contributed by atoms with Crippen molar-refractivity contribution in [3.05, 3.63) is 222 Å². The van der Waals surface area contributed by atoms with Crippen LogP contribution in [0.5, 0.6) is 0 Å². The molecule has 0 fully saturated rings. The summed E-state index contributed by atoms with van der Waals surface area (Å²) < 4.78 is 0. The molecular formula is C65H57BN2. The fourth-order valence-electron chi connectivity index (χ4n) is 11.5. The molecule has 330 valence electrons. The van der Waals surface area contributed by atoms with Crippen LogP contribution in [0, 0.1) is 0 Å². The lowest BCUT2D eigenvalue weighted by Crippen LogP contribution is -2.61. The summed E-state index contributed by atoms with van der Waals surface area (Å²) in [6, 6.07) is 76.0. The zero-order chi connectivity index (χ0) is 46.7. The smallest absolute Gasteiger partial charge is 0.333 e. The number of benzene rings is 9. The van der Waals surface area contributed by atoms with Gasteiger partial charge >= 0.3 is 6.85 Å². The van der Waals surface area contributed by atoms with Crippen molar-refractivity contribution in [3.63, 3.8) is 0 Å². The first-order valence-electron chi connectivity index (χ1n) is 24.4. The number of nitrogens with zero attached hydrogens (tertiary/aromatic N) is 2. The Hall–Kier alpha value is -7.36. The molecule has 68 heavy (non-hydrogen) atoms. The third kappa shape index (κ3) is 6.61. The van der Waals surface area contributed by atoms with Crippen LogP contribution >= 0.6 is 0 Å². The van der Waals surface area contributed by atoms with E-state index >= 15 is 0 Å². The number of hydrogen-bond acceptors (Lipinski definition) is 2. The van der Waals surface area contributed by atoms with Crippen molar-refractivity contribution >= 4 is 46.2 Å². The van der Waals surface area contributed by atoms with Gasteiger partial charge in [-0.3, -0.25) is 0 Å². The molecule has 2 heterocycles. The minimum atomic E-state index is -0.197. The van der Waals surface area contributed by atoms with Gasteiger partial charge in [0, 0.05) is 39.3 Å². The minimum Gasteiger partial charge on any atom is -0.376 e. The Morgan fingerprint density at radius 2 is 0.941 bits per heavy atom. The topological polar surface area (TPSA) is 6.48 Å². The average molecular weight is 877 g/mol. The van der Waals surface area contributed by atoms with Gasteiger partial charge in [0.15, 0.2) is 0 Å².